The van der Waals surface area contributed by atoms with Gasteiger partial charge in [0.05, 0.1) is 12.1 Å². The van der Waals surface area contributed by atoms with Crippen molar-refractivity contribution in [2.45, 2.75) is 31.6 Å². The summed E-state index contributed by atoms with van der Waals surface area (Å²) >= 11 is 0. The van der Waals surface area contributed by atoms with Gasteiger partial charge in [-0.25, -0.2) is 9.97 Å². The average Bonchev–Trinajstić information content (AvgIpc) is 2.54. The zero-order valence-corrected chi connectivity index (χ0v) is 12.0. The quantitative estimate of drug-likeness (QED) is 0.883. The third-order valence-electron chi connectivity index (χ3n) is 3.53. The molecule has 110 valence electrons. The van der Waals surface area contributed by atoms with Crippen LogP contribution in [0.5, 0.6) is 5.75 Å². The van der Waals surface area contributed by atoms with Gasteiger partial charge < -0.3 is 14.8 Å². The summed E-state index contributed by atoms with van der Waals surface area (Å²) in [7, 11) is 0. The van der Waals surface area contributed by atoms with Gasteiger partial charge >= 0.3 is 0 Å². The van der Waals surface area contributed by atoms with Crippen LogP contribution in [-0.4, -0.2) is 34.8 Å². The molecule has 5 nitrogen and oxygen atoms in total. The van der Waals surface area contributed by atoms with E-state index < -0.39 is 0 Å². The lowest BCUT2D eigenvalue weighted by atomic mass is 9.85. The van der Waals surface area contributed by atoms with Crippen LogP contribution in [0.3, 0.4) is 0 Å². The summed E-state index contributed by atoms with van der Waals surface area (Å²) in [4.78, 5) is 8.39. The highest BCUT2D eigenvalue weighted by atomic mass is 16.5. The van der Waals surface area contributed by atoms with E-state index in [2.05, 4.69) is 15.3 Å². The molecule has 1 aliphatic carbocycles. The zero-order chi connectivity index (χ0) is 14.5. The molecular formula is C16H19N3O2. The summed E-state index contributed by atoms with van der Waals surface area (Å²) < 4.78 is 11.8. The summed E-state index contributed by atoms with van der Waals surface area (Å²) in [5.41, 5.74) is 0. The fourth-order valence-corrected chi connectivity index (χ4v) is 2.45. The average molecular weight is 285 g/mol. The standard InChI is InChI=1S/C16H19N3O2/c1-2-20-14-11-13(19-16-17-9-6-10-18-16)15(14)21-12-7-4-3-5-8-12/h3-10,13-15H,2,11H2,1H3,(H,17,18,19)/t13-,14+,15+/m0/s1. The maximum atomic E-state index is 6.06. The molecule has 1 N–H and O–H groups in total. The molecule has 0 saturated heterocycles. The van der Waals surface area contributed by atoms with Crippen molar-refractivity contribution in [3.05, 3.63) is 48.8 Å². The predicted octanol–water partition coefficient (Wildman–Crippen LogP) is 2.51. The number of para-hydroxylation sites is 1. The second kappa shape index (κ2) is 6.54. The lowest BCUT2D eigenvalue weighted by Gasteiger charge is -2.43. The van der Waals surface area contributed by atoms with Crippen LogP contribution in [0.15, 0.2) is 48.8 Å². The Kier molecular flexibility index (Phi) is 4.31. The first-order valence-electron chi connectivity index (χ1n) is 7.23. The van der Waals surface area contributed by atoms with Gasteiger partial charge in [-0.2, -0.15) is 0 Å². The molecule has 0 spiro atoms. The Morgan fingerprint density at radius 2 is 1.90 bits per heavy atom. The summed E-state index contributed by atoms with van der Waals surface area (Å²) in [5.74, 6) is 1.48. The van der Waals surface area contributed by atoms with E-state index in [4.69, 9.17) is 9.47 Å². The smallest absolute Gasteiger partial charge is 0.222 e. The number of anilines is 1. The second-order valence-electron chi connectivity index (χ2n) is 4.95. The van der Waals surface area contributed by atoms with Crippen molar-refractivity contribution < 1.29 is 9.47 Å². The van der Waals surface area contributed by atoms with Crippen molar-refractivity contribution in [3.63, 3.8) is 0 Å². The summed E-state index contributed by atoms with van der Waals surface area (Å²) in [6.45, 7) is 2.69. The van der Waals surface area contributed by atoms with Gasteiger partial charge in [-0.3, -0.25) is 0 Å². The number of benzene rings is 1. The van der Waals surface area contributed by atoms with E-state index in [0.29, 0.717) is 12.6 Å². The molecule has 1 heterocycles. The van der Waals surface area contributed by atoms with Crippen LogP contribution in [0.2, 0.25) is 0 Å². The largest absolute Gasteiger partial charge is 0.486 e. The van der Waals surface area contributed by atoms with Crippen LogP contribution in [0.25, 0.3) is 0 Å². The normalized spacial score (nSPS) is 24.1. The Labute approximate surface area is 124 Å². The Bertz CT molecular complexity index is 550. The van der Waals surface area contributed by atoms with Gasteiger partial charge in [0, 0.05) is 25.4 Å². The first kappa shape index (κ1) is 13.8. The molecule has 5 heteroatoms. The van der Waals surface area contributed by atoms with Gasteiger partial charge in [0.15, 0.2) is 0 Å². The van der Waals surface area contributed by atoms with Crippen LogP contribution in [0.1, 0.15) is 13.3 Å². The molecule has 0 bridgehead atoms. The highest BCUT2D eigenvalue weighted by molar-refractivity contribution is 5.29. The molecule has 1 fully saturated rings. The van der Waals surface area contributed by atoms with Gasteiger partial charge in [0.1, 0.15) is 11.9 Å². The van der Waals surface area contributed by atoms with Gasteiger partial charge in [-0.05, 0) is 25.1 Å². The fourth-order valence-electron chi connectivity index (χ4n) is 2.45. The lowest BCUT2D eigenvalue weighted by Crippen LogP contribution is -2.59. The lowest BCUT2D eigenvalue weighted by molar-refractivity contribution is -0.0882. The molecule has 0 radical (unpaired) electrons. The van der Waals surface area contributed by atoms with Crippen molar-refractivity contribution in [1.29, 1.82) is 0 Å². The van der Waals surface area contributed by atoms with E-state index >= 15 is 0 Å². The van der Waals surface area contributed by atoms with Gasteiger partial charge in [0.2, 0.25) is 5.95 Å². The van der Waals surface area contributed by atoms with Crippen molar-refractivity contribution in [2.75, 3.05) is 11.9 Å². The van der Waals surface area contributed by atoms with E-state index in [-0.39, 0.29) is 18.2 Å². The first-order valence-corrected chi connectivity index (χ1v) is 7.23. The summed E-state index contributed by atoms with van der Waals surface area (Å²) in [6.07, 6.45) is 4.42. The zero-order valence-electron chi connectivity index (χ0n) is 12.0. The topological polar surface area (TPSA) is 56.3 Å². The van der Waals surface area contributed by atoms with E-state index in [1.165, 1.54) is 0 Å². The minimum atomic E-state index is -0.0313. The van der Waals surface area contributed by atoms with Crippen LogP contribution < -0.4 is 10.1 Å². The van der Waals surface area contributed by atoms with E-state index in [1.54, 1.807) is 18.5 Å². The third kappa shape index (κ3) is 3.31. The maximum Gasteiger partial charge on any atom is 0.222 e. The number of ether oxygens (including phenoxy) is 2. The minimum absolute atomic E-state index is 0.0313. The van der Waals surface area contributed by atoms with Gasteiger partial charge in [-0.15, -0.1) is 0 Å². The molecule has 1 aromatic heterocycles. The molecular weight excluding hydrogens is 266 g/mol. The SMILES string of the molecule is CCO[C@@H]1C[C@H](Nc2ncccn2)[C@H]1Oc1ccccc1. The minimum Gasteiger partial charge on any atom is -0.486 e. The fraction of sp³-hybridized carbons (Fsp3) is 0.375. The number of aromatic nitrogens is 2. The van der Waals surface area contributed by atoms with Crippen LogP contribution in [0.4, 0.5) is 5.95 Å². The van der Waals surface area contributed by atoms with Gasteiger partial charge in [0.25, 0.3) is 0 Å². The van der Waals surface area contributed by atoms with Crippen molar-refractivity contribution >= 4 is 5.95 Å². The number of hydrogen-bond donors (Lipinski definition) is 1. The van der Waals surface area contributed by atoms with Crippen molar-refractivity contribution in [1.82, 2.24) is 9.97 Å². The monoisotopic (exact) mass is 285 g/mol. The number of hydrogen-bond acceptors (Lipinski definition) is 5. The van der Waals surface area contributed by atoms with Gasteiger partial charge in [-0.1, -0.05) is 18.2 Å². The molecule has 0 aliphatic heterocycles. The second-order valence-corrected chi connectivity index (χ2v) is 4.95. The highest BCUT2D eigenvalue weighted by Gasteiger charge is 2.44. The number of nitrogens with one attached hydrogen (secondary N) is 1. The Balaban J connectivity index is 1.66. The molecule has 1 aliphatic rings. The highest BCUT2D eigenvalue weighted by Crippen LogP contribution is 2.30. The maximum absolute atomic E-state index is 6.06. The first-order chi connectivity index (χ1) is 10.4. The molecule has 1 saturated carbocycles. The van der Waals surface area contributed by atoms with E-state index in [1.807, 2.05) is 37.3 Å². The van der Waals surface area contributed by atoms with Crippen molar-refractivity contribution in [2.24, 2.45) is 0 Å². The number of nitrogens with zero attached hydrogens (tertiary/aromatic N) is 2. The molecule has 21 heavy (non-hydrogen) atoms. The molecule has 3 rings (SSSR count). The predicted molar refractivity (Wildman–Crippen MR) is 80.3 cm³/mol. The summed E-state index contributed by atoms with van der Waals surface area (Å²) in [6, 6.07) is 11.8. The Morgan fingerprint density at radius 1 is 1.14 bits per heavy atom. The van der Waals surface area contributed by atoms with Crippen LogP contribution in [-0.2, 0) is 4.74 Å². The van der Waals surface area contributed by atoms with Crippen LogP contribution >= 0.6 is 0 Å². The Morgan fingerprint density at radius 3 is 2.62 bits per heavy atom. The molecule has 3 atom stereocenters. The Hall–Kier alpha value is -2.14. The van der Waals surface area contributed by atoms with E-state index in [9.17, 15) is 0 Å². The van der Waals surface area contributed by atoms with Crippen LogP contribution in [0, 0.1) is 0 Å². The number of rotatable bonds is 6. The van der Waals surface area contributed by atoms with E-state index in [0.717, 1.165) is 12.2 Å². The van der Waals surface area contributed by atoms with Crippen molar-refractivity contribution in [3.8, 4) is 5.75 Å². The third-order valence-corrected chi connectivity index (χ3v) is 3.53. The molecule has 2 aromatic rings. The molecule has 0 amide bonds. The molecule has 0 unspecified atom stereocenters. The summed E-state index contributed by atoms with van der Waals surface area (Å²) in [5, 5.41) is 3.31. The molecule has 1 aromatic carbocycles.